The Hall–Kier alpha value is -1.28. The summed E-state index contributed by atoms with van der Waals surface area (Å²) < 4.78 is 0. The van der Waals surface area contributed by atoms with Gasteiger partial charge in [-0.2, -0.15) is 0 Å². The maximum Gasteiger partial charge on any atom is 0.0458 e. The van der Waals surface area contributed by atoms with Gasteiger partial charge in [-0.3, -0.25) is 0 Å². The van der Waals surface area contributed by atoms with Crippen LogP contribution in [0.15, 0.2) is 24.3 Å². The van der Waals surface area contributed by atoms with Gasteiger partial charge in [0.05, 0.1) is 0 Å². The summed E-state index contributed by atoms with van der Waals surface area (Å²) in [6.07, 6.45) is 3.61. The van der Waals surface area contributed by atoms with E-state index in [2.05, 4.69) is 41.5 Å². The van der Waals surface area contributed by atoms with Crippen molar-refractivity contribution in [1.29, 1.82) is 0 Å². The second kappa shape index (κ2) is 3.95. The molecule has 2 N–H and O–H groups in total. The zero-order valence-electron chi connectivity index (χ0n) is 9.72. The number of H-pyrrole nitrogens is 1. The molecule has 1 aliphatic carbocycles. The van der Waals surface area contributed by atoms with Gasteiger partial charge in [0, 0.05) is 22.6 Å². The van der Waals surface area contributed by atoms with E-state index in [1.165, 1.54) is 41.4 Å². The Morgan fingerprint density at radius 2 is 2.25 bits per heavy atom. The lowest BCUT2D eigenvalue weighted by molar-refractivity contribution is 0.470. The smallest absolute Gasteiger partial charge is 0.0458 e. The Labute approximate surface area is 96.1 Å². The van der Waals surface area contributed by atoms with Crippen molar-refractivity contribution in [3.05, 3.63) is 35.5 Å². The lowest BCUT2D eigenvalue weighted by Gasteiger charge is -2.23. The standard InChI is InChI=1S/C14H18N2/c1-2-15-10-7-8-14-12(9-10)11-5-3-4-6-13(11)16-14/h3-6,10,15-16H,2,7-9H2,1H3/t10-/m1/s1. The number of benzene rings is 1. The Bertz CT molecular complexity index is 498. The van der Waals surface area contributed by atoms with Crippen LogP contribution in [-0.2, 0) is 12.8 Å². The summed E-state index contributed by atoms with van der Waals surface area (Å²) in [5, 5.41) is 4.98. The molecule has 0 bridgehead atoms. The first-order valence-corrected chi connectivity index (χ1v) is 6.20. The van der Waals surface area contributed by atoms with Crippen LogP contribution in [0.1, 0.15) is 24.6 Å². The predicted molar refractivity (Wildman–Crippen MR) is 67.8 cm³/mol. The Morgan fingerprint density at radius 1 is 1.38 bits per heavy atom. The van der Waals surface area contributed by atoms with Gasteiger partial charge in [0.2, 0.25) is 0 Å². The highest BCUT2D eigenvalue weighted by molar-refractivity contribution is 5.84. The van der Waals surface area contributed by atoms with Gasteiger partial charge in [-0.05, 0) is 37.4 Å². The minimum atomic E-state index is 0.664. The minimum Gasteiger partial charge on any atom is -0.358 e. The molecule has 1 aromatic carbocycles. The van der Waals surface area contributed by atoms with Crippen LogP contribution in [0.4, 0.5) is 0 Å². The summed E-state index contributed by atoms with van der Waals surface area (Å²) in [6.45, 7) is 3.26. The number of para-hydroxylation sites is 1. The highest BCUT2D eigenvalue weighted by Gasteiger charge is 2.21. The highest BCUT2D eigenvalue weighted by Crippen LogP contribution is 2.28. The van der Waals surface area contributed by atoms with Gasteiger partial charge in [0.15, 0.2) is 0 Å². The van der Waals surface area contributed by atoms with E-state index in [4.69, 9.17) is 0 Å². The molecule has 0 unspecified atom stereocenters. The number of fused-ring (bicyclic) bond motifs is 3. The fourth-order valence-corrected chi connectivity index (χ4v) is 2.83. The number of aromatic nitrogens is 1. The molecule has 1 heterocycles. The molecule has 0 saturated heterocycles. The first-order valence-electron chi connectivity index (χ1n) is 6.20. The number of rotatable bonds is 2. The van der Waals surface area contributed by atoms with E-state index < -0.39 is 0 Å². The first kappa shape index (κ1) is 9.91. The fourth-order valence-electron chi connectivity index (χ4n) is 2.83. The third-order valence-electron chi connectivity index (χ3n) is 3.59. The van der Waals surface area contributed by atoms with Gasteiger partial charge < -0.3 is 10.3 Å². The first-order chi connectivity index (χ1) is 7.88. The molecule has 2 heteroatoms. The van der Waals surface area contributed by atoms with E-state index in [0.717, 1.165) is 6.54 Å². The number of likely N-dealkylation sites (N-methyl/N-ethyl adjacent to an activating group) is 1. The van der Waals surface area contributed by atoms with Crippen molar-refractivity contribution in [3.63, 3.8) is 0 Å². The normalized spacial score (nSPS) is 19.9. The maximum absolute atomic E-state index is 3.57. The molecule has 16 heavy (non-hydrogen) atoms. The second-order valence-electron chi connectivity index (χ2n) is 4.63. The largest absolute Gasteiger partial charge is 0.358 e. The molecular formula is C14H18N2. The summed E-state index contributed by atoms with van der Waals surface area (Å²) in [4.78, 5) is 3.55. The van der Waals surface area contributed by atoms with E-state index >= 15 is 0 Å². The molecule has 3 rings (SSSR count). The zero-order chi connectivity index (χ0) is 11.0. The molecule has 1 atom stereocenters. The van der Waals surface area contributed by atoms with Crippen molar-refractivity contribution >= 4 is 10.9 Å². The van der Waals surface area contributed by atoms with Crippen molar-refractivity contribution in [3.8, 4) is 0 Å². The molecule has 1 aliphatic rings. The summed E-state index contributed by atoms with van der Waals surface area (Å²) in [5.41, 5.74) is 4.29. The average Bonchev–Trinajstić information content (AvgIpc) is 2.68. The molecule has 2 nitrogen and oxygen atoms in total. The molecule has 1 aromatic heterocycles. The van der Waals surface area contributed by atoms with Crippen molar-refractivity contribution < 1.29 is 0 Å². The van der Waals surface area contributed by atoms with Crippen molar-refractivity contribution in [2.24, 2.45) is 0 Å². The van der Waals surface area contributed by atoms with Gasteiger partial charge in [-0.15, -0.1) is 0 Å². The number of hydrogen-bond donors (Lipinski definition) is 2. The molecule has 2 aromatic rings. The molecule has 0 fully saturated rings. The molecule has 0 aliphatic heterocycles. The lowest BCUT2D eigenvalue weighted by atomic mass is 9.91. The van der Waals surface area contributed by atoms with Crippen LogP contribution < -0.4 is 5.32 Å². The van der Waals surface area contributed by atoms with Crippen LogP contribution in [-0.4, -0.2) is 17.6 Å². The van der Waals surface area contributed by atoms with E-state index in [1.807, 2.05) is 0 Å². The molecular weight excluding hydrogens is 196 g/mol. The van der Waals surface area contributed by atoms with Crippen molar-refractivity contribution in [2.75, 3.05) is 6.54 Å². The summed E-state index contributed by atoms with van der Waals surface area (Å²) in [5.74, 6) is 0. The average molecular weight is 214 g/mol. The topological polar surface area (TPSA) is 27.8 Å². The van der Waals surface area contributed by atoms with Crippen LogP contribution in [0.25, 0.3) is 10.9 Å². The molecule has 0 radical (unpaired) electrons. The number of aromatic amines is 1. The van der Waals surface area contributed by atoms with Gasteiger partial charge in [0.25, 0.3) is 0 Å². The third-order valence-corrected chi connectivity index (χ3v) is 3.59. The Balaban J connectivity index is 2.01. The predicted octanol–water partition coefficient (Wildman–Crippen LogP) is 2.63. The second-order valence-corrected chi connectivity index (χ2v) is 4.63. The number of nitrogens with one attached hydrogen (secondary N) is 2. The van der Waals surface area contributed by atoms with E-state index in [1.54, 1.807) is 0 Å². The van der Waals surface area contributed by atoms with Gasteiger partial charge in [0.1, 0.15) is 0 Å². The van der Waals surface area contributed by atoms with Crippen molar-refractivity contribution in [1.82, 2.24) is 10.3 Å². The Kier molecular flexibility index (Phi) is 2.44. The van der Waals surface area contributed by atoms with Crippen molar-refractivity contribution in [2.45, 2.75) is 32.2 Å². The van der Waals surface area contributed by atoms with Gasteiger partial charge in [-0.1, -0.05) is 25.1 Å². The van der Waals surface area contributed by atoms with Crippen LogP contribution >= 0.6 is 0 Å². The van der Waals surface area contributed by atoms with Crippen LogP contribution in [0.3, 0.4) is 0 Å². The lowest BCUT2D eigenvalue weighted by Crippen LogP contribution is -2.34. The fraction of sp³-hybridized carbons (Fsp3) is 0.429. The van der Waals surface area contributed by atoms with E-state index in [-0.39, 0.29) is 0 Å². The third kappa shape index (κ3) is 1.54. The van der Waals surface area contributed by atoms with Crippen LogP contribution in [0, 0.1) is 0 Å². The number of aryl methyl sites for hydroxylation is 1. The molecule has 0 spiro atoms. The van der Waals surface area contributed by atoms with Crippen LogP contribution in [0.5, 0.6) is 0 Å². The summed E-state index contributed by atoms with van der Waals surface area (Å²) in [6, 6.07) is 9.31. The zero-order valence-corrected chi connectivity index (χ0v) is 9.72. The van der Waals surface area contributed by atoms with E-state index in [9.17, 15) is 0 Å². The quantitative estimate of drug-likeness (QED) is 0.790. The summed E-state index contributed by atoms with van der Waals surface area (Å²) in [7, 11) is 0. The maximum atomic E-state index is 3.57. The van der Waals surface area contributed by atoms with Crippen LogP contribution in [0.2, 0.25) is 0 Å². The van der Waals surface area contributed by atoms with Gasteiger partial charge in [-0.25, -0.2) is 0 Å². The van der Waals surface area contributed by atoms with E-state index in [0.29, 0.717) is 6.04 Å². The molecule has 0 amide bonds. The monoisotopic (exact) mass is 214 g/mol. The molecule has 84 valence electrons. The highest BCUT2D eigenvalue weighted by atomic mass is 14.9. The summed E-state index contributed by atoms with van der Waals surface area (Å²) >= 11 is 0. The minimum absolute atomic E-state index is 0.664. The van der Waals surface area contributed by atoms with Gasteiger partial charge >= 0.3 is 0 Å². The Morgan fingerprint density at radius 3 is 3.12 bits per heavy atom. The SMILES string of the molecule is CCN[C@@H]1CCc2[nH]c3ccccc3c2C1. The number of hydrogen-bond acceptors (Lipinski definition) is 1. The molecule has 0 saturated carbocycles.